The van der Waals surface area contributed by atoms with E-state index in [1.165, 1.54) is 11.3 Å². The average Bonchev–Trinajstić information content (AvgIpc) is 2.98. The zero-order valence-electron chi connectivity index (χ0n) is 15.6. The van der Waals surface area contributed by atoms with Crippen LogP contribution in [-0.2, 0) is 21.2 Å². The number of hydrogen-bond donors (Lipinski definition) is 2. The van der Waals surface area contributed by atoms with Crippen molar-refractivity contribution in [3.05, 3.63) is 17.0 Å². The van der Waals surface area contributed by atoms with Crippen LogP contribution in [0.25, 0.3) is 0 Å². The third-order valence-corrected chi connectivity index (χ3v) is 8.11. The van der Waals surface area contributed by atoms with Gasteiger partial charge in [0.15, 0.2) is 0 Å². The molecule has 2 heterocycles. The summed E-state index contributed by atoms with van der Waals surface area (Å²) < 4.78 is 27.8. The first kappa shape index (κ1) is 20.4. The Labute approximate surface area is 155 Å². The second kappa shape index (κ2) is 7.73. The Balaban J connectivity index is 2.01. The number of carbonyl (C=O) groups excluding carboxylic acids is 1. The molecule has 0 aromatic carbocycles. The second-order valence-corrected chi connectivity index (χ2v) is 10.9. The maximum Gasteiger partial charge on any atom is 0.252 e. The van der Waals surface area contributed by atoms with E-state index in [0.717, 1.165) is 4.88 Å². The Bertz CT molecular complexity index is 707. The first-order chi connectivity index (χ1) is 11.5. The molecule has 1 aliphatic heterocycles. The highest BCUT2D eigenvalue weighted by atomic mass is 32.2. The van der Waals surface area contributed by atoms with Crippen molar-refractivity contribution in [2.75, 3.05) is 19.6 Å². The van der Waals surface area contributed by atoms with Crippen LogP contribution in [0.15, 0.2) is 16.3 Å². The number of piperazine rings is 1. The monoisotopic (exact) mass is 387 g/mol. The van der Waals surface area contributed by atoms with Crippen molar-refractivity contribution < 1.29 is 13.2 Å². The van der Waals surface area contributed by atoms with Crippen LogP contribution >= 0.6 is 11.3 Å². The van der Waals surface area contributed by atoms with Gasteiger partial charge in [0.05, 0.1) is 0 Å². The molecule has 1 aliphatic rings. The summed E-state index contributed by atoms with van der Waals surface area (Å²) in [7, 11) is -3.46. The zero-order valence-corrected chi connectivity index (χ0v) is 17.3. The van der Waals surface area contributed by atoms with E-state index in [2.05, 4.69) is 10.6 Å². The molecule has 1 amide bonds. The van der Waals surface area contributed by atoms with Crippen LogP contribution in [0.5, 0.6) is 0 Å². The minimum Gasteiger partial charge on any atom is -0.355 e. The Morgan fingerprint density at radius 2 is 2.04 bits per heavy atom. The fourth-order valence-electron chi connectivity index (χ4n) is 2.68. The first-order valence-electron chi connectivity index (χ1n) is 8.65. The van der Waals surface area contributed by atoms with Crippen molar-refractivity contribution in [3.8, 4) is 0 Å². The van der Waals surface area contributed by atoms with Crippen LogP contribution < -0.4 is 10.6 Å². The predicted molar refractivity (Wildman–Crippen MR) is 101 cm³/mol. The third-order valence-electron chi connectivity index (χ3n) is 4.51. The van der Waals surface area contributed by atoms with Gasteiger partial charge in [0, 0.05) is 42.0 Å². The molecule has 0 bridgehead atoms. The summed E-state index contributed by atoms with van der Waals surface area (Å²) in [6, 6.07) is 3.59. The fourth-order valence-corrected chi connectivity index (χ4v) is 5.86. The molecular weight excluding hydrogens is 358 g/mol. The molecule has 0 saturated carbocycles. The van der Waals surface area contributed by atoms with Gasteiger partial charge in [-0.15, -0.1) is 11.3 Å². The van der Waals surface area contributed by atoms with E-state index < -0.39 is 15.4 Å². The Kier molecular flexibility index (Phi) is 6.30. The first-order valence-corrected chi connectivity index (χ1v) is 10.9. The summed E-state index contributed by atoms with van der Waals surface area (Å²) >= 11 is 1.29. The lowest BCUT2D eigenvalue weighted by Crippen LogP contribution is -2.56. The number of thiophene rings is 1. The molecule has 1 saturated heterocycles. The summed E-state index contributed by atoms with van der Waals surface area (Å²) in [6.07, 6.45) is 0.634. The number of carbonyl (C=O) groups is 1. The quantitative estimate of drug-likeness (QED) is 0.808. The van der Waals surface area contributed by atoms with Gasteiger partial charge in [-0.25, -0.2) is 8.42 Å². The van der Waals surface area contributed by atoms with E-state index in [4.69, 9.17) is 0 Å². The highest BCUT2D eigenvalue weighted by molar-refractivity contribution is 7.91. The smallest absolute Gasteiger partial charge is 0.252 e. The standard InChI is InChI=1S/C17H29N3O3S2/c1-12-13(2)20(11-10-18-12)25(22,23)15-7-6-14(24-15)8-9-19-16(21)17(3,4)5/h6-7,12-13,18H,8-11H2,1-5H3,(H,19,21). The molecule has 2 atom stereocenters. The second-order valence-electron chi connectivity index (χ2n) is 7.58. The topological polar surface area (TPSA) is 78.5 Å². The largest absolute Gasteiger partial charge is 0.355 e. The molecular formula is C17H29N3O3S2. The van der Waals surface area contributed by atoms with E-state index in [0.29, 0.717) is 30.3 Å². The SMILES string of the molecule is CC1NCCN(S(=O)(=O)c2ccc(CCNC(=O)C(C)(C)C)s2)C1C. The zero-order chi connectivity index (χ0) is 18.8. The molecule has 8 heteroatoms. The van der Waals surface area contributed by atoms with Crippen LogP contribution in [0.1, 0.15) is 39.5 Å². The third kappa shape index (κ3) is 4.81. The summed E-state index contributed by atoms with van der Waals surface area (Å²) in [6.45, 7) is 11.2. The van der Waals surface area contributed by atoms with Gasteiger partial charge in [0.2, 0.25) is 5.91 Å². The van der Waals surface area contributed by atoms with Gasteiger partial charge in [-0.2, -0.15) is 4.31 Å². The number of nitrogens with one attached hydrogen (secondary N) is 2. The van der Waals surface area contributed by atoms with Gasteiger partial charge in [-0.3, -0.25) is 4.79 Å². The lowest BCUT2D eigenvalue weighted by Gasteiger charge is -2.37. The van der Waals surface area contributed by atoms with Gasteiger partial charge in [-0.1, -0.05) is 20.8 Å². The highest BCUT2D eigenvalue weighted by Crippen LogP contribution is 2.28. The number of hydrogen-bond acceptors (Lipinski definition) is 5. The van der Waals surface area contributed by atoms with Crippen LogP contribution in [0.2, 0.25) is 0 Å². The van der Waals surface area contributed by atoms with Gasteiger partial charge >= 0.3 is 0 Å². The number of sulfonamides is 1. The van der Waals surface area contributed by atoms with Gasteiger partial charge in [-0.05, 0) is 32.4 Å². The van der Waals surface area contributed by atoms with Gasteiger partial charge < -0.3 is 10.6 Å². The lowest BCUT2D eigenvalue weighted by molar-refractivity contribution is -0.128. The molecule has 2 rings (SSSR count). The molecule has 0 spiro atoms. The summed E-state index contributed by atoms with van der Waals surface area (Å²) in [5.74, 6) is 0.000491. The molecule has 0 radical (unpaired) electrons. The average molecular weight is 388 g/mol. The predicted octanol–water partition coefficient (Wildman–Crippen LogP) is 1.82. The van der Waals surface area contributed by atoms with Crippen molar-refractivity contribution in [3.63, 3.8) is 0 Å². The van der Waals surface area contributed by atoms with Crippen LogP contribution in [-0.4, -0.2) is 50.3 Å². The van der Waals surface area contributed by atoms with Crippen molar-refractivity contribution in [1.29, 1.82) is 0 Å². The van der Waals surface area contributed by atoms with E-state index in [1.807, 2.05) is 40.7 Å². The summed E-state index contributed by atoms with van der Waals surface area (Å²) in [5, 5.41) is 6.19. The van der Waals surface area contributed by atoms with Crippen molar-refractivity contribution in [2.24, 2.45) is 5.41 Å². The minimum atomic E-state index is -3.46. The van der Waals surface area contributed by atoms with Crippen LogP contribution in [0, 0.1) is 5.41 Å². The molecule has 6 nitrogen and oxygen atoms in total. The summed E-state index contributed by atoms with van der Waals surface area (Å²) in [4.78, 5) is 12.8. The van der Waals surface area contributed by atoms with E-state index in [-0.39, 0.29) is 18.0 Å². The van der Waals surface area contributed by atoms with Crippen LogP contribution in [0.4, 0.5) is 0 Å². The Morgan fingerprint density at radius 1 is 1.36 bits per heavy atom. The molecule has 2 unspecified atom stereocenters. The number of rotatable bonds is 5. The van der Waals surface area contributed by atoms with E-state index in [9.17, 15) is 13.2 Å². The van der Waals surface area contributed by atoms with Gasteiger partial charge in [0.25, 0.3) is 10.0 Å². The van der Waals surface area contributed by atoms with E-state index >= 15 is 0 Å². The molecule has 25 heavy (non-hydrogen) atoms. The molecule has 1 aromatic rings. The van der Waals surface area contributed by atoms with Crippen LogP contribution in [0.3, 0.4) is 0 Å². The maximum atomic E-state index is 12.9. The normalized spacial score (nSPS) is 22.8. The van der Waals surface area contributed by atoms with Crippen molar-refractivity contribution >= 4 is 27.3 Å². The fraction of sp³-hybridized carbons (Fsp3) is 0.706. The van der Waals surface area contributed by atoms with E-state index in [1.54, 1.807) is 10.4 Å². The number of nitrogens with zero attached hydrogens (tertiary/aromatic N) is 1. The Morgan fingerprint density at radius 3 is 2.68 bits per heavy atom. The molecule has 1 fully saturated rings. The minimum absolute atomic E-state index is 0.000491. The van der Waals surface area contributed by atoms with Crippen molar-refractivity contribution in [1.82, 2.24) is 14.9 Å². The maximum absolute atomic E-state index is 12.9. The molecule has 142 valence electrons. The molecule has 0 aliphatic carbocycles. The molecule has 2 N–H and O–H groups in total. The Hall–Kier alpha value is -0.960. The van der Waals surface area contributed by atoms with Gasteiger partial charge in [0.1, 0.15) is 4.21 Å². The summed E-state index contributed by atoms with van der Waals surface area (Å²) in [5.41, 5.74) is -0.418. The lowest BCUT2D eigenvalue weighted by atomic mass is 9.96. The van der Waals surface area contributed by atoms with Crippen molar-refractivity contribution in [2.45, 2.75) is 57.3 Å². The highest BCUT2D eigenvalue weighted by Gasteiger charge is 2.35. The molecule has 1 aromatic heterocycles. The number of amides is 1.